The van der Waals surface area contributed by atoms with Gasteiger partial charge in [0.15, 0.2) is 0 Å². The molecule has 0 N–H and O–H groups in total. The molecule has 0 aliphatic heterocycles. The van der Waals surface area contributed by atoms with E-state index < -0.39 is 0 Å². The molecular weight excluding hydrogens is 282 g/mol. The lowest BCUT2D eigenvalue weighted by molar-refractivity contribution is 0.0299. The average Bonchev–Trinajstić information content (AvgIpc) is 2.26. The van der Waals surface area contributed by atoms with Crippen LogP contribution in [0.4, 0.5) is 0 Å². The second-order valence-corrected chi connectivity index (χ2v) is 10.2. The smallest absolute Gasteiger partial charge is 0.0130 e. The Hall–Kier alpha value is -0.120. The SMILES string of the molecule is CN(C)CCCN(CCCN(C(C)(C)C)C(C)(C)C)C(C)(C)C. The minimum atomic E-state index is 0.218. The second kappa shape index (κ2) is 8.82. The summed E-state index contributed by atoms with van der Waals surface area (Å²) in [5, 5.41) is 0. The van der Waals surface area contributed by atoms with Gasteiger partial charge in [-0.05, 0) is 109 Å². The van der Waals surface area contributed by atoms with Gasteiger partial charge in [0, 0.05) is 23.2 Å². The maximum atomic E-state index is 2.65. The first kappa shape index (κ1) is 22.9. The van der Waals surface area contributed by atoms with Gasteiger partial charge >= 0.3 is 0 Å². The molecule has 0 amide bonds. The number of hydrogen-bond acceptors (Lipinski definition) is 3. The molecule has 140 valence electrons. The van der Waals surface area contributed by atoms with E-state index in [1.54, 1.807) is 0 Å². The van der Waals surface area contributed by atoms with E-state index in [4.69, 9.17) is 0 Å². The largest absolute Gasteiger partial charge is 0.309 e. The third kappa shape index (κ3) is 9.69. The van der Waals surface area contributed by atoms with Crippen molar-refractivity contribution in [2.24, 2.45) is 0 Å². The average molecular weight is 328 g/mol. The molecule has 23 heavy (non-hydrogen) atoms. The second-order valence-electron chi connectivity index (χ2n) is 10.2. The summed E-state index contributed by atoms with van der Waals surface area (Å²) in [4.78, 5) is 7.57. The van der Waals surface area contributed by atoms with Crippen LogP contribution in [-0.2, 0) is 0 Å². The van der Waals surface area contributed by atoms with Gasteiger partial charge in [0.25, 0.3) is 0 Å². The summed E-state index contributed by atoms with van der Waals surface area (Å²) in [5.41, 5.74) is 0.687. The molecule has 0 radical (unpaired) electrons. The van der Waals surface area contributed by atoms with Crippen LogP contribution in [0.5, 0.6) is 0 Å². The van der Waals surface area contributed by atoms with Crippen LogP contribution < -0.4 is 0 Å². The van der Waals surface area contributed by atoms with Crippen LogP contribution >= 0.6 is 0 Å². The third-order valence-corrected chi connectivity index (χ3v) is 4.41. The van der Waals surface area contributed by atoms with E-state index in [1.807, 2.05) is 0 Å². The molecule has 0 rings (SSSR count). The van der Waals surface area contributed by atoms with Gasteiger partial charge in [-0.1, -0.05) is 0 Å². The van der Waals surface area contributed by atoms with Crippen molar-refractivity contribution in [1.82, 2.24) is 14.7 Å². The van der Waals surface area contributed by atoms with Crippen molar-refractivity contribution in [3.05, 3.63) is 0 Å². The van der Waals surface area contributed by atoms with Crippen LogP contribution in [0.3, 0.4) is 0 Å². The molecular formula is C20H45N3. The normalized spacial score (nSPS) is 14.3. The van der Waals surface area contributed by atoms with E-state index in [2.05, 4.69) is 91.1 Å². The molecule has 0 saturated carbocycles. The quantitative estimate of drug-likeness (QED) is 0.657. The lowest BCUT2D eigenvalue weighted by Gasteiger charge is -2.46. The summed E-state index contributed by atoms with van der Waals surface area (Å²) in [5.74, 6) is 0. The Bertz CT molecular complexity index is 301. The van der Waals surface area contributed by atoms with E-state index in [0.717, 1.165) is 6.54 Å². The molecule has 0 spiro atoms. The van der Waals surface area contributed by atoms with Gasteiger partial charge in [-0.2, -0.15) is 0 Å². The molecule has 0 aromatic rings. The van der Waals surface area contributed by atoms with Gasteiger partial charge in [0.1, 0.15) is 0 Å². The van der Waals surface area contributed by atoms with Gasteiger partial charge in [0.05, 0.1) is 0 Å². The molecule has 0 heterocycles. The fourth-order valence-electron chi connectivity index (χ4n) is 3.46. The molecule has 0 fully saturated rings. The highest BCUT2D eigenvalue weighted by Gasteiger charge is 2.31. The Balaban J connectivity index is 4.61. The van der Waals surface area contributed by atoms with Crippen LogP contribution in [-0.4, -0.2) is 71.6 Å². The van der Waals surface area contributed by atoms with Crippen LogP contribution in [0.1, 0.15) is 75.2 Å². The zero-order chi connectivity index (χ0) is 18.5. The Kier molecular flexibility index (Phi) is 8.78. The Labute approximate surface area is 147 Å². The van der Waals surface area contributed by atoms with E-state index in [0.29, 0.717) is 0 Å². The van der Waals surface area contributed by atoms with Gasteiger partial charge in [-0.3, -0.25) is 9.80 Å². The summed E-state index contributed by atoms with van der Waals surface area (Å²) >= 11 is 0. The first-order valence-corrected chi connectivity index (χ1v) is 9.33. The fourth-order valence-corrected chi connectivity index (χ4v) is 3.46. The molecule has 0 atom stereocenters. The van der Waals surface area contributed by atoms with Crippen molar-refractivity contribution >= 4 is 0 Å². The molecule has 3 nitrogen and oxygen atoms in total. The monoisotopic (exact) mass is 327 g/mol. The lowest BCUT2D eigenvalue weighted by atomic mass is 9.95. The molecule has 0 aliphatic carbocycles. The third-order valence-electron chi connectivity index (χ3n) is 4.41. The number of nitrogens with zero attached hydrogens (tertiary/aromatic N) is 3. The standard InChI is InChI=1S/C20H45N3/c1-18(2,3)22(15-12-14-21(10)11)16-13-17-23(19(4,5)6)20(7,8)9/h12-17H2,1-11H3. The van der Waals surface area contributed by atoms with E-state index >= 15 is 0 Å². The highest BCUT2D eigenvalue weighted by Crippen LogP contribution is 2.25. The van der Waals surface area contributed by atoms with Crippen molar-refractivity contribution in [2.45, 2.75) is 91.8 Å². The molecule has 0 saturated heterocycles. The molecule has 0 aromatic heterocycles. The minimum Gasteiger partial charge on any atom is -0.309 e. The van der Waals surface area contributed by atoms with Crippen LogP contribution in [0.15, 0.2) is 0 Å². The highest BCUT2D eigenvalue weighted by atomic mass is 15.2. The predicted octanol–water partition coefficient (Wildman–Crippen LogP) is 4.33. The molecule has 0 aromatic carbocycles. The maximum Gasteiger partial charge on any atom is 0.0130 e. The van der Waals surface area contributed by atoms with Crippen molar-refractivity contribution in [1.29, 1.82) is 0 Å². The first-order valence-electron chi connectivity index (χ1n) is 9.33. The lowest BCUT2D eigenvalue weighted by Crippen LogP contribution is -2.53. The van der Waals surface area contributed by atoms with Crippen LogP contribution in [0.2, 0.25) is 0 Å². The fraction of sp³-hybridized carbons (Fsp3) is 1.00. The Morgan fingerprint density at radius 2 is 0.913 bits per heavy atom. The van der Waals surface area contributed by atoms with Gasteiger partial charge in [-0.15, -0.1) is 0 Å². The zero-order valence-corrected chi connectivity index (χ0v) is 18.1. The minimum absolute atomic E-state index is 0.218. The Morgan fingerprint density at radius 3 is 1.22 bits per heavy atom. The van der Waals surface area contributed by atoms with Crippen molar-refractivity contribution < 1.29 is 0 Å². The summed E-state index contributed by atoms with van der Waals surface area (Å²) in [7, 11) is 4.32. The molecule has 0 aliphatic rings. The predicted molar refractivity (Wildman–Crippen MR) is 105 cm³/mol. The zero-order valence-electron chi connectivity index (χ0n) is 18.1. The van der Waals surface area contributed by atoms with Crippen molar-refractivity contribution in [3.8, 4) is 0 Å². The molecule has 0 unspecified atom stereocenters. The topological polar surface area (TPSA) is 9.72 Å². The highest BCUT2D eigenvalue weighted by molar-refractivity contribution is 4.87. The number of hydrogen-bond donors (Lipinski definition) is 0. The summed E-state index contributed by atoms with van der Waals surface area (Å²) in [6, 6.07) is 0. The van der Waals surface area contributed by atoms with Crippen LogP contribution in [0.25, 0.3) is 0 Å². The van der Waals surface area contributed by atoms with E-state index in [9.17, 15) is 0 Å². The first-order chi connectivity index (χ1) is 10.2. The summed E-state index contributed by atoms with van der Waals surface area (Å²) in [6.07, 6.45) is 2.47. The van der Waals surface area contributed by atoms with E-state index in [-0.39, 0.29) is 16.6 Å². The van der Waals surface area contributed by atoms with E-state index in [1.165, 1.54) is 32.5 Å². The maximum absolute atomic E-state index is 2.65. The summed E-state index contributed by atoms with van der Waals surface area (Å²) < 4.78 is 0. The molecule has 0 bridgehead atoms. The summed E-state index contributed by atoms with van der Waals surface area (Å²) in [6.45, 7) is 25.7. The van der Waals surface area contributed by atoms with Gasteiger partial charge < -0.3 is 4.90 Å². The Morgan fingerprint density at radius 1 is 0.522 bits per heavy atom. The van der Waals surface area contributed by atoms with Gasteiger partial charge in [0.2, 0.25) is 0 Å². The van der Waals surface area contributed by atoms with Crippen molar-refractivity contribution in [2.75, 3.05) is 40.3 Å². The molecule has 3 heteroatoms. The number of rotatable bonds is 8. The van der Waals surface area contributed by atoms with Crippen molar-refractivity contribution in [3.63, 3.8) is 0 Å². The van der Waals surface area contributed by atoms with Crippen LogP contribution in [0, 0.1) is 0 Å². The van der Waals surface area contributed by atoms with Gasteiger partial charge in [-0.25, -0.2) is 0 Å².